The number of rotatable bonds is 5. The van der Waals surface area contributed by atoms with Crippen LogP contribution in [0.2, 0.25) is 0 Å². The van der Waals surface area contributed by atoms with E-state index in [0.717, 1.165) is 27.9 Å². The molecule has 0 spiro atoms. The molecule has 36 heavy (non-hydrogen) atoms. The molecule has 0 aliphatic rings. The van der Waals surface area contributed by atoms with Crippen molar-refractivity contribution in [3.05, 3.63) is 112 Å². The Balaban J connectivity index is 1.75. The van der Waals surface area contributed by atoms with Crippen LogP contribution < -0.4 is 16.6 Å². The summed E-state index contributed by atoms with van der Waals surface area (Å²) in [5.74, 6) is 1.37. The maximum Gasteiger partial charge on any atom is 0.263 e. The van der Waals surface area contributed by atoms with Crippen molar-refractivity contribution >= 4 is 28.1 Å². The summed E-state index contributed by atoms with van der Waals surface area (Å²) in [4.78, 5) is 30.3. The molecule has 0 saturated carbocycles. The predicted octanol–water partition coefficient (Wildman–Crippen LogP) is 5.46. The van der Waals surface area contributed by atoms with E-state index in [1.807, 2.05) is 67.6 Å². The van der Waals surface area contributed by atoms with Gasteiger partial charge in [0.25, 0.3) is 5.56 Å². The van der Waals surface area contributed by atoms with Crippen LogP contribution >= 0.6 is 0 Å². The Morgan fingerprint density at radius 1 is 1.06 bits per heavy atom. The number of para-hydroxylation sites is 1. The summed E-state index contributed by atoms with van der Waals surface area (Å²) in [6.07, 6.45) is 3.14. The van der Waals surface area contributed by atoms with Gasteiger partial charge in [-0.1, -0.05) is 36.4 Å². The molecular weight excluding hydrogens is 450 g/mol. The molecule has 0 aliphatic carbocycles. The third-order valence-electron chi connectivity index (χ3n) is 5.99. The van der Waals surface area contributed by atoms with Gasteiger partial charge in [-0.15, -0.1) is 0 Å². The standard InChI is InChI=1S/C28H23N7O/c1-17(33-27-23(30-3)16-32-18(2)34-27)24-14-20-8-7-11-22(19-12-13-31-25(29)15-19)26(20)28(36)35(24)21-9-5-4-6-10-21/h4-17H,1-2H3,(H2,29,31)(H,32,33,34)/t17-/m0/s1. The number of hydrogen-bond donors (Lipinski definition) is 2. The van der Waals surface area contributed by atoms with Crippen LogP contribution in [0.25, 0.3) is 32.4 Å². The SMILES string of the molecule is [C-]#[N+]c1cnc(C)nc1N[C@@H](C)c1cc2cccc(-c3ccnc(N)c3)c2c(=O)n1-c1ccccc1. The average molecular weight is 474 g/mol. The smallest absolute Gasteiger partial charge is 0.263 e. The maximum atomic E-state index is 14.2. The Kier molecular flexibility index (Phi) is 5.88. The van der Waals surface area contributed by atoms with Crippen LogP contribution in [0, 0.1) is 13.5 Å². The van der Waals surface area contributed by atoms with E-state index >= 15 is 0 Å². The third kappa shape index (κ3) is 4.14. The van der Waals surface area contributed by atoms with E-state index in [1.165, 1.54) is 6.20 Å². The van der Waals surface area contributed by atoms with Crippen molar-refractivity contribution in [1.29, 1.82) is 0 Å². The Hall–Kier alpha value is -5.03. The summed E-state index contributed by atoms with van der Waals surface area (Å²) in [5, 5.41) is 4.71. The van der Waals surface area contributed by atoms with Gasteiger partial charge >= 0.3 is 0 Å². The van der Waals surface area contributed by atoms with Gasteiger partial charge in [-0.2, -0.15) is 0 Å². The fourth-order valence-electron chi connectivity index (χ4n) is 4.33. The molecule has 8 nitrogen and oxygen atoms in total. The Morgan fingerprint density at radius 2 is 1.86 bits per heavy atom. The van der Waals surface area contributed by atoms with E-state index < -0.39 is 0 Å². The molecule has 3 N–H and O–H groups in total. The summed E-state index contributed by atoms with van der Waals surface area (Å²) >= 11 is 0. The number of nitrogens with two attached hydrogens (primary N) is 1. The molecule has 0 aliphatic heterocycles. The highest BCUT2D eigenvalue weighted by Gasteiger charge is 2.20. The predicted molar refractivity (Wildman–Crippen MR) is 142 cm³/mol. The van der Waals surface area contributed by atoms with Crippen molar-refractivity contribution < 1.29 is 0 Å². The summed E-state index contributed by atoms with van der Waals surface area (Å²) in [5.41, 5.74) is 9.17. The lowest BCUT2D eigenvalue weighted by Crippen LogP contribution is -2.26. The number of anilines is 2. The van der Waals surface area contributed by atoms with Crippen molar-refractivity contribution in [2.75, 3.05) is 11.1 Å². The number of hydrogen-bond acceptors (Lipinski definition) is 6. The topological polar surface area (TPSA) is 103 Å². The van der Waals surface area contributed by atoms with Crippen molar-refractivity contribution in [1.82, 2.24) is 19.5 Å². The highest BCUT2D eigenvalue weighted by Crippen LogP contribution is 2.31. The van der Waals surface area contributed by atoms with E-state index in [4.69, 9.17) is 12.3 Å². The van der Waals surface area contributed by atoms with E-state index in [-0.39, 0.29) is 11.6 Å². The molecule has 3 heterocycles. The first-order valence-electron chi connectivity index (χ1n) is 11.4. The van der Waals surface area contributed by atoms with Crippen LogP contribution in [0.3, 0.4) is 0 Å². The highest BCUT2D eigenvalue weighted by molar-refractivity contribution is 5.96. The van der Waals surface area contributed by atoms with Gasteiger partial charge in [-0.25, -0.2) is 14.8 Å². The number of nitrogens with zero attached hydrogens (tertiary/aromatic N) is 5. The van der Waals surface area contributed by atoms with Crippen LogP contribution in [0.5, 0.6) is 0 Å². The second-order valence-electron chi connectivity index (χ2n) is 8.41. The molecule has 8 heteroatoms. The Bertz CT molecular complexity index is 1690. The number of benzene rings is 2. The monoisotopic (exact) mass is 473 g/mol. The van der Waals surface area contributed by atoms with E-state index in [2.05, 4.69) is 25.1 Å². The quantitative estimate of drug-likeness (QED) is 0.329. The van der Waals surface area contributed by atoms with Crippen LogP contribution in [-0.2, 0) is 0 Å². The van der Waals surface area contributed by atoms with Crippen molar-refractivity contribution in [2.24, 2.45) is 0 Å². The number of nitrogen functional groups attached to an aromatic ring is 1. The average Bonchev–Trinajstić information content (AvgIpc) is 2.89. The normalized spacial score (nSPS) is 11.7. The molecular formula is C28H23N7O. The van der Waals surface area contributed by atoms with E-state index in [1.54, 1.807) is 23.8 Å². The molecule has 0 amide bonds. The molecule has 0 unspecified atom stereocenters. The number of aromatic nitrogens is 4. The number of aryl methyl sites for hydroxylation is 1. The highest BCUT2D eigenvalue weighted by atomic mass is 16.1. The lowest BCUT2D eigenvalue weighted by atomic mass is 9.98. The van der Waals surface area contributed by atoms with Crippen molar-refractivity contribution in [3.63, 3.8) is 0 Å². The van der Waals surface area contributed by atoms with Crippen LogP contribution in [0.1, 0.15) is 24.5 Å². The zero-order valence-corrected chi connectivity index (χ0v) is 19.8. The van der Waals surface area contributed by atoms with Crippen LogP contribution in [-0.4, -0.2) is 19.5 Å². The summed E-state index contributed by atoms with van der Waals surface area (Å²) < 4.78 is 1.71. The fraction of sp³-hybridized carbons (Fsp3) is 0.107. The molecule has 0 saturated heterocycles. The van der Waals surface area contributed by atoms with Crippen molar-refractivity contribution in [3.8, 4) is 16.8 Å². The number of nitrogens with one attached hydrogen (secondary N) is 1. The first-order valence-corrected chi connectivity index (χ1v) is 11.4. The van der Waals surface area contributed by atoms with Crippen LogP contribution in [0.15, 0.2) is 83.9 Å². The molecule has 0 radical (unpaired) electrons. The summed E-state index contributed by atoms with van der Waals surface area (Å²) in [7, 11) is 0. The third-order valence-corrected chi connectivity index (χ3v) is 5.99. The molecule has 2 aromatic carbocycles. The largest absolute Gasteiger partial charge is 0.384 e. The van der Waals surface area contributed by atoms with E-state index in [0.29, 0.717) is 28.5 Å². The van der Waals surface area contributed by atoms with Gasteiger partial charge in [0.15, 0.2) is 0 Å². The maximum absolute atomic E-state index is 14.2. The summed E-state index contributed by atoms with van der Waals surface area (Å²) in [6.45, 7) is 11.2. The minimum atomic E-state index is -0.350. The molecule has 0 bridgehead atoms. The van der Waals surface area contributed by atoms with Gasteiger partial charge in [0, 0.05) is 23.8 Å². The summed E-state index contributed by atoms with van der Waals surface area (Å²) in [6, 6.07) is 20.5. The molecule has 3 aromatic heterocycles. The lowest BCUT2D eigenvalue weighted by Gasteiger charge is -2.22. The second kappa shape index (κ2) is 9.31. The first-order chi connectivity index (χ1) is 17.5. The fourth-order valence-corrected chi connectivity index (χ4v) is 4.33. The molecule has 176 valence electrons. The first kappa shape index (κ1) is 22.7. The zero-order valence-electron chi connectivity index (χ0n) is 19.8. The van der Waals surface area contributed by atoms with Gasteiger partial charge in [0.2, 0.25) is 5.69 Å². The number of fused-ring (bicyclic) bond motifs is 1. The van der Waals surface area contributed by atoms with Crippen LogP contribution in [0.4, 0.5) is 17.3 Å². The van der Waals surface area contributed by atoms with Gasteiger partial charge < -0.3 is 11.1 Å². The van der Waals surface area contributed by atoms with Gasteiger partial charge in [-0.3, -0.25) is 14.3 Å². The molecule has 5 rings (SSSR count). The number of pyridine rings is 2. The zero-order chi connectivity index (χ0) is 25.2. The molecule has 1 atom stereocenters. The van der Waals surface area contributed by atoms with Gasteiger partial charge in [0.1, 0.15) is 17.5 Å². The van der Waals surface area contributed by atoms with E-state index in [9.17, 15) is 4.79 Å². The lowest BCUT2D eigenvalue weighted by molar-refractivity contribution is 0.772. The molecule has 5 aromatic rings. The Labute approximate surface area is 207 Å². The van der Waals surface area contributed by atoms with Crippen molar-refractivity contribution in [2.45, 2.75) is 19.9 Å². The molecule has 0 fully saturated rings. The van der Waals surface area contributed by atoms with Gasteiger partial charge in [-0.05, 0) is 60.7 Å². The minimum absolute atomic E-state index is 0.155. The minimum Gasteiger partial charge on any atom is -0.384 e. The second-order valence-corrected chi connectivity index (χ2v) is 8.41. The Morgan fingerprint density at radius 3 is 2.61 bits per heavy atom. The van der Waals surface area contributed by atoms with Gasteiger partial charge in [0.05, 0.1) is 18.0 Å².